The fourth-order valence-corrected chi connectivity index (χ4v) is 2.45. The first-order valence-electron chi connectivity index (χ1n) is 8.26. The van der Waals surface area contributed by atoms with E-state index in [-0.39, 0.29) is 12.1 Å². The maximum atomic E-state index is 12.9. The summed E-state index contributed by atoms with van der Waals surface area (Å²) in [4.78, 5) is 25.6. The highest BCUT2D eigenvalue weighted by Crippen LogP contribution is 2.20. The Kier molecular flexibility index (Phi) is 5.88. The molecule has 148 valence electrons. The number of carbonyl (C=O) groups is 1. The van der Waals surface area contributed by atoms with Crippen LogP contribution < -0.4 is 10.2 Å². The van der Waals surface area contributed by atoms with Crippen LogP contribution in [0.3, 0.4) is 0 Å². The Bertz CT molecular complexity index is 1060. The van der Waals surface area contributed by atoms with Crippen molar-refractivity contribution in [2.24, 2.45) is 5.10 Å². The smallest absolute Gasteiger partial charge is 0.490 e. The molecular formula is C18H15FN6O4. The van der Waals surface area contributed by atoms with Crippen LogP contribution in [0.2, 0.25) is 0 Å². The first-order valence-corrected chi connectivity index (χ1v) is 8.26. The Morgan fingerprint density at radius 1 is 1.34 bits per heavy atom. The molecule has 1 aromatic heterocycles. The quantitative estimate of drug-likeness (QED) is 0.369. The average Bonchev–Trinajstić information content (AvgIpc) is 3.17. The van der Waals surface area contributed by atoms with Crippen molar-refractivity contribution >= 4 is 18.1 Å². The van der Waals surface area contributed by atoms with Gasteiger partial charge < -0.3 is 14.9 Å². The molecule has 0 saturated carbocycles. The number of carbonyl (C=O) groups excluding carboxylic acids is 1. The fraction of sp³-hybridized carbons (Fsp3) is 0.111. The average molecular weight is 398 g/mol. The lowest BCUT2D eigenvalue weighted by atomic mass is 10.1. The summed E-state index contributed by atoms with van der Waals surface area (Å²) in [5.41, 5.74) is 3.95. The number of nitrogens with zero attached hydrogens (tertiary/aromatic N) is 5. The lowest BCUT2D eigenvalue weighted by molar-refractivity contribution is -0.394. The van der Waals surface area contributed by atoms with E-state index in [4.69, 9.17) is 4.74 Å². The number of rotatable bonds is 7. The number of hydrazone groups is 1. The summed E-state index contributed by atoms with van der Waals surface area (Å²) in [6.07, 6.45) is 2.68. The predicted molar refractivity (Wildman–Crippen MR) is 100 cm³/mol. The number of methoxy groups -OCH3 is 1. The molecule has 29 heavy (non-hydrogen) atoms. The number of ether oxygens (including phenoxy) is 1. The zero-order valence-electron chi connectivity index (χ0n) is 15.2. The number of halogens is 1. The maximum absolute atomic E-state index is 12.9. The molecule has 0 fully saturated rings. The van der Waals surface area contributed by atoms with Gasteiger partial charge in [0.1, 0.15) is 11.6 Å². The van der Waals surface area contributed by atoms with Gasteiger partial charge in [-0.15, -0.1) is 0 Å². The standard InChI is InChI=1S/C18H15FN6O4/c1-29-16-7-2-12(8-14(16)10-24-11-20-18(23-24)25(27)28)9-21-22-17(26)13-3-5-15(19)6-4-13/h2-9,11H,10H2,1H3,(H,22,26)/b21-9+. The molecule has 1 N–H and O–H groups in total. The van der Waals surface area contributed by atoms with E-state index in [1.807, 2.05) is 0 Å². The summed E-state index contributed by atoms with van der Waals surface area (Å²) in [6, 6.07) is 10.2. The molecule has 1 amide bonds. The van der Waals surface area contributed by atoms with Crippen LogP contribution in [-0.2, 0) is 6.54 Å². The van der Waals surface area contributed by atoms with Crippen LogP contribution in [0.15, 0.2) is 53.9 Å². The molecule has 3 rings (SSSR count). The van der Waals surface area contributed by atoms with Crippen molar-refractivity contribution in [3.8, 4) is 5.75 Å². The third-order valence-electron chi connectivity index (χ3n) is 3.81. The molecule has 0 bridgehead atoms. The number of amides is 1. The van der Waals surface area contributed by atoms with Gasteiger partial charge in [-0.3, -0.25) is 4.79 Å². The van der Waals surface area contributed by atoms with Gasteiger partial charge in [-0.2, -0.15) is 9.78 Å². The van der Waals surface area contributed by atoms with E-state index in [2.05, 4.69) is 20.6 Å². The molecule has 10 nitrogen and oxygen atoms in total. The highest BCUT2D eigenvalue weighted by molar-refractivity contribution is 5.94. The number of nitro groups is 1. The summed E-state index contributed by atoms with van der Waals surface area (Å²) in [5, 5.41) is 18.4. The fourth-order valence-electron chi connectivity index (χ4n) is 2.45. The summed E-state index contributed by atoms with van der Waals surface area (Å²) in [6.45, 7) is 0.188. The Labute approximate surface area is 163 Å². The highest BCUT2D eigenvalue weighted by atomic mass is 19.1. The van der Waals surface area contributed by atoms with Crippen LogP contribution in [0.25, 0.3) is 0 Å². The molecule has 1 heterocycles. The van der Waals surface area contributed by atoms with Crippen molar-refractivity contribution in [2.45, 2.75) is 6.54 Å². The Morgan fingerprint density at radius 2 is 2.10 bits per heavy atom. The van der Waals surface area contributed by atoms with Crippen molar-refractivity contribution in [1.29, 1.82) is 0 Å². The van der Waals surface area contributed by atoms with Gasteiger partial charge in [-0.1, -0.05) is 4.98 Å². The van der Waals surface area contributed by atoms with Crippen LogP contribution in [0.4, 0.5) is 10.3 Å². The molecular weight excluding hydrogens is 383 g/mol. The first-order chi connectivity index (χ1) is 14.0. The third-order valence-corrected chi connectivity index (χ3v) is 3.81. The van der Waals surface area contributed by atoms with E-state index in [1.54, 1.807) is 18.2 Å². The molecule has 0 radical (unpaired) electrons. The lowest BCUT2D eigenvalue weighted by Crippen LogP contribution is -2.17. The molecule has 0 spiro atoms. The molecule has 0 aliphatic heterocycles. The number of benzene rings is 2. The summed E-state index contributed by atoms with van der Waals surface area (Å²) >= 11 is 0. The van der Waals surface area contributed by atoms with Crippen molar-refractivity contribution in [1.82, 2.24) is 20.2 Å². The minimum atomic E-state index is -0.680. The van der Waals surface area contributed by atoms with Crippen LogP contribution in [0, 0.1) is 15.9 Å². The van der Waals surface area contributed by atoms with Gasteiger partial charge in [0.2, 0.25) is 6.33 Å². The van der Waals surface area contributed by atoms with Crippen LogP contribution in [-0.4, -0.2) is 38.9 Å². The number of aromatic nitrogens is 3. The molecule has 2 aromatic carbocycles. The first kappa shape index (κ1) is 19.6. The monoisotopic (exact) mass is 398 g/mol. The van der Waals surface area contributed by atoms with Crippen LogP contribution >= 0.6 is 0 Å². The SMILES string of the molecule is COc1ccc(/C=N/NC(=O)c2ccc(F)cc2)cc1Cn1cnc([N+](=O)[O-])n1. The molecule has 3 aromatic rings. The van der Waals surface area contributed by atoms with Gasteiger partial charge in [0.25, 0.3) is 5.91 Å². The molecule has 0 unspecified atom stereocenters. The van der Waals surface area contributed by atoms with Crippen LogP contribution in [0.5, 0.6) is 5.75 Å². The van der Waals surface area contributed by atoms with Gasteiger partial charge in [0.15, 0.2) is 0 Å². The van der Waals surface area contributed by atoms with E-state index < -0.39 is 22.6 Å². The minimum Gasteiger partial charge on any atom is -0.496 e. The zero-order chi connectivity index (χ0) is 20.8. The molecule has 0 saturated heterocycles. The van der Waals surface area contributed by atoms with Crippen molar-refractivity contribution in [2.75, 3.05) is 7.11 Å². The Morgan fingerprint density at radius 3 is 2.76 bits per heavy atom. The van der Waals surface area contributed by atoms with Crippen molar-refractivity contribution in [3.05, 3.63) is 81.4 Å². The van der Waals surface area contributed by atoms with Gasteiger partial charge in [-0.05, 0) is 53.0 Å². The van der Waals surface area contributed by atoms with E-state index in [9.17, 15) is 19.3 Å². The lowest BCUT2D eigenvalue weighted by Gasteiger charge is -2.08. The van der Waals surface area contributed by atoms with Gasteiger partial charge in [-0.25, -0.2) is 9.82 Å². The second-order valence-corrected chi connectivity index (χ2v) is 5.78. The van der Waals surface area contributed by atoms with E-state index in [1.165, 1.54) is 48.6 Å². The molecule has 11 heteroatoms. The van der Waals surface area contributed by atoms with Gasteiger partial charge in [0.05, 0.1) is 19.9 Å². The molecule has 0 aliphatic rings. The molecule has 0 atom stereocenters. The second-order valence-electron chi connectivity index (χ2n) is 5.78. The number of nitrogens with one attached hydrogen (secondary N) is 1. The van der Waals surface area contributed by atoms with Crippen molar-refractivity contribution < 1.29 is 18.8 Å². The minimum absolute atomic E-state index is 0.188. The summed E-state index contributed by atoms with van der Waals surface area (Å²) in [7, 11) is 1.50. The third kappa shape index (κ3) is 4.97. The van der Waals surface area contributed by atoms with Crippen molar-refractivity contribution in [3.63, 3.8) is 0 Å². The Hall–Kier alpha value is -4.15. The van der Waals surface area contributed by atoms with E-state index >= 15 is 0 Å². The predicted octanol–water partition coefficient (Wildman–Crippen LogP) is 2.15. The van der Waals surface area contributed by atoms with E-state index in [0.29, 0.717) is 16.9 Å². The van der Waals surface area contributed by atoms with Gasteiger partial charge >= 0.3 is 5.95 Å². The summed E-state index contributed by atoms with van der Waals surface area (Å²) < 4.78 is 19.5. The number of hydrogen-bond donors (Lipinski definition) is 1. The van der Waals surface area contributed by atoms with Crippen LogP contribution in [0.1, 0.15) is 21.5 Å². The second kappa shape index (κ2) is 8.69. The summed E-state index contributed by atoms with van der Waals surface area (Å²) in [5.74, 6) is -0.862. The number of hydrogen-bond acceptors (Lipinski definition) is 7. The topological polar surface area (TPSA) is 125 Å². The zero-order valence-corrected chi connectivity index (χ0v) is 15.2. The normalized spacial score (nSPS) is 10.8. The highest BCUT2D eigenvalue weighted by Gasteiger charge is 2.15. The maximum Gasteiger partial charge on any atom is 0.490 e. The molecule has 0 aliphatic carbocycles. The van der Waals surface area contributed by atoms with E-state index in [0.717, 1.165) is 0 Å². The van der Waals surface area contributed by atoms with Gasteiger partial charge in [0, 0.05) is 16.2 Å². The Balaban J connectivity index is 1.71. The largest absolute Gasteiger partial charge is 0.496 e.